The predicted octanol–water partition coefficient (Wildman–Crippen LogP) is 4.94. The lowest BCUT2D eigenvalue weighted by atomic mass is 9.86. The highest BCUT2D eigenvalue weighted by atomic mass is 32.1. The lowest BCUT2D eigenvalue weighted by Gasteiger charge is -2.23. The number of nitrogens with zero attached hydrogens (tertiary/aromatic N) is 3. The smallest absolute Gasteiger partial charge is 0.260 e. The summed E-state index contributed by atoms with van der Waals surface area (Å²) in [5, 5.41) is 0.520. The lowest BCUT2D eigenvalue weighted by Crippen LogP contribution is -2.36. The zero-order valence-electron chi connectivity index (χ0n) is 17.0. The number of halogens is 1. The van der Waals surface area contributed by atoms with Gasteiger partial charge in [0.1, 0.15) is 11.3 Å². The van der Waals surface area contributed by atoms with Crippen molar-refractivity contribution in [2.24, 2.45) is 0 Å². The normalized spacial score (nSPS) is 12.0. The summed E-state index contributed by atoms with van der Waals surface area (Å²) in [5.41, 5.74) is 2.11. The number of amides is 1. The summed E-state index contributed by atoms with van der Waals surface area (Å²) in [6.45, 7) is 7.59. The van der Waals surface area contributed by atoms with E-state index in [1.807, 2.05) is 49.3 Å². The average Bonchev–Trinajstić information content (AvgIpc) is 3.06. The van der Waals surface area contributed by atoms with Gasteiger partial charge in [-0.2, -0.15) is 0 Å². The zero-order chi connectivity index (χ0) is 20.5. The lowest BCUT2D eigenvalue weighted by molar-refractivity contribution is 0.0985. The van der Waals surface area contributed by atoms with Crippen molar-refractivity contribution in [1.29, 1.82) is 0 Å². The van der Waals surface area contributed by atoms with Crippen molar-refractivity contribution in [1.82, 2.24) is 9.88 Å². The Hall–Kier alpha value is -2.31. The summed E-state index contributed by atoms with van der Waals surface area (Å²) in [6.07, 6.45) is 0. The minimum atomic E-state index is -0.366. The molecule has 0 aliphatic heterocycles. The topological polar surface area (TPSA) is 36.4 Å². The van der Waals surface area contributed by atoms with Gasteiger partial charge in [0, 0.05) is 18.7 Å². The molecule has 1 amide bonds. The number of thiazole rings is 1. The third-order valence-corrected chi connectivity index (χ3v) is 5.65. The number of likely N-dealkylation sites (N-methyl/N-ethyl adjacent to an activating group) is 1. The zero-order valence-corrected chi connectivity index (χ0v) is 17.8. The highest BCUT2D eigenvalue weighted by Crippen LogP contribution is 2.31. The maximum absolute atomic E-state index is 14.1. The molecule has 148 valence electrons. The molecule has 0 unspecified atom stereocenters. The SMILES string of the molecule is CN(C)CCN(C(=O)c1ccc(C(C)(C)C)cc1)c1nc2c(F)cccc2s1. The summed E-state index contributed by atoms with van der Waals surface area (Å²) < 4.78 is 14.8. The molecule has 0 aliphatic carbocycles. The van der Waals surface area contributed by atoms with E-state index in [9.17, 15) is 9.18 Å². The first-order valence-corrected chi connectivity index (χ1v) is 10.1. The van der Waals surface area contributed by atoms with E-state index < -0.39 is 0 Å². The molecule has 0 aliphatic rings. The number of carbonyl (C=O) groups is 1. The molecule has 0 bridgehead atoms. The fraction of sp³-hybridized carbons (Fsp3) is 0.364. The standard InChI is InChI=1S/C22H26FN3OS/c1-22(2,3)16-11-9-15(10-12-16)20(27)26(14-13-25(4)5)21-24-19-17(23)7-6-8-18(19)28-21/h6-12H,13-14H2,1-5H3. The number of rotatable bonds is 5. The molecular formula is C22H26FN3OS. The molecule has 28 heavy (non-hydrogen) atoms. The number of aromatic nitrogens is 1. The van der Waals surface area contributed by atoms with Crippen LogP contribution in [0.2, 0.25) is 0 Å². The quantitative estimate of drug-likeness (QED) is 0.610. The van der Waals surface area contributed by atoms with Crippen LogP contribution in [0, 0.1) is 5.82 Å². The average molecular weight is 400 g/mol. The van der Waals surface area contributed by atoms with Gasteiger partial charge >= 0.3 is 0 Å². The Morgan fingerprint density at radius 2 is 1.75 bits per heavy atom. The molecule has 0 radical (unpaired) electrons. The molecule has 4 nitrogen and oxygen atoms in total. The number of carbonyl (C=O) groups excluding carboxylic acids is 1. The van der Waals surface area contributed by atoms with E-state index >= 15 is 0 Å². The summed E-state index contributed by atoms with van der Waals surface area (Å²) in [7, 11) is 3.91. The molecule has 1 heterocycles. The van der Waals surface area contributed by atoms with Crippen LogP contribution in [-0.2, 0) is 5.41 Å². The Morgan fingerprint density at radius 1 is 1.07 bits per heavy atom. The maximum Gasteiger partial charge on any atom is 0.260 e. The van der Waals surface area contributed by atoms with Crippen LogP contribution in [0.15, 0.2) is 42.5 Å². The van der Waals surface area contributed by atoms with Gasteiger partial charge in [0.15, 0.2) is 5.13 Å². The van der Waals surface area contributed by atoms with E-state index in [1.165, 1.54) is 23.0 Å². The Morgan fingerprint density at radius 3 is 2.32 bits per heavy atom. The summed E-state index contributed by atoms with van der Waals surface area (Å²) in [4.78, 5) is 21.3. The van der Waals surface area contributed by atoms with Crippen LogP contribution < -0.4 is 4.90 Å². The number of para-hydroxylation sites is 1. The number of anilines is 1. The fourth-order valence-corrected chi connectivity index (χ4v) is 3.88. The van der Waals surface area contributed by atoms with Crippen LogP contribution in [0.1, 0.15) is 36.7 Å². The van der Waals surface area contributed by atoms with Gasteiger partial charge in [0.25, 0.3) is 5.91 Å². The summed E-state index contributed by atoms with van der Waals surface area (Å²) in [6, 6.07) is 12.6. The van der Waals surface area contributed by atoms with E-state index in [0.717, 1.165) is 4.70 Å². The summed E-state index contributed by atoms with van der Waals surface area (Å²) >= 11 is 1.34. The minimum Gasteiger partial charge on any atom is -0.308 e. The second-order valence-corrected chi connectivity index (χ2v) is 9.18. The molecule has 0 saturated carbocycles. The van der Waals surface area contributed by atoms with Crippen LogP contribution in [0.5, 0.6) is 0 Å². The van der Waals surface area contributed by atoms with Crippen LogP contribution in [0.4, 0.5) is 9.52 Å². The van der Waals surface area contributed by atoms with E-state index in [4.69, 9.17) is 0 Å². The van der Waals surface area contributed by atoms with E-state index in [2.05, 4.69) is 25.8 Å². The second kappa shape index (κ2) is 7.97. The predicted molar refractivity (Wildman–Crippen MR) is 115 cm³/mol. The van der Waals surface area contributed by atoms with Crippen molar-refractivity contribution < 1.29 is 9.18 Å². The number of fused-ring (bicyclic) bond motifs is 1. The minimum absolute atomic E-state index is 0.0245. The first kappa shape index (κ1) is 20.4. The monoisotopic (exact) mass is 399 g/mol. The van der Waals surface area contributed by atoms with Crippen LogP contribution in [0.25, 0.3) is 10.2 Å². The van der Waals surface area contributed by atoms with Crippen molar-refractivity contribution in [2.75, 3.05) is 32.1 Å². The highest BCUT2D eigenvalue weighted by Gasteiger charge is 2.23. The molecule has 1 aromatic heterocycles. The second-order valence-electron chi connectivity index (χ2n) is 8.17. The molecule has 3 rings (SSSR count). The number of hydrogen-bond donors (Lipinski definition) is 0. The van der Waals surface area contributed by atoms with E-state index in [-0.39, 0.29) is 17.1 Å². The molecule has 0 N–H and O–H groups in total. The number of benzene rings is 2. The molecule has 3 aromatic rings. The molecule has 0 spiro atoms. The van der Waals surface area contributed by atoms with Crippen LogP contribution in [0.3, 0.4) is 0 Å². The van der Waals surface area contributed by atoms with Crippen molar-refractivity contribution in [2.45, 2.75) is 26.2 Å². The molecular weight excluding hydrogens is 373 g/mol. The molecule has 0 saturated heterocycles. The highest BCUT2D eigenvalue weighted by molar-refractivity contribution is 7.22. The van der Waals surface area contributed by atoms with E-state index in [1.54, 1.807) is 11.0 Å². The Balaban J connectivity index is 1.96. The van der Waals surface area contributed by atoms with Crippen molar-refractivity contribution in [3.05, 3.63) is 59.4 Å². The first-order chi connectivity index (χ1) is 13.2. The largest absolute Gasteiger partial charge is 0.308 e. The van der Waals surface area contributed by atoms with Crippen molar-refractivity contribution >= 4 is 32.6 Å². The fourth-order valence-electron chi connectivity index (χ4n) is 2.87. The number of hydrogen-bond acceptors (Lipinski definition) is 4. The maximum atomic E-state index is 14.1. The van der Waals surface area contributed by atoms with Gasteiger partial charge in [-0.1, -0.05) is 50.3 Å². The first-order valence-electron chi connectivity index (χ1n) is 9.29. The van der Waals surface area contributed by atoms with Crippen molar-refractivity contribution in [3.63, 3.8) is 0 Å². The Labute approximate surface area is 169 Å². The van der Waals surface area contributed by atoms with Crippen LogP contribution in [-0.4, -0.2) is 43.0 Å². The summed E-state index contributed by atoms with van der Waals surface area (Å²) in [5.74, 6) is -0.490. The third kappa shape index (κ3) is 4.39. The van der Waals surface area contributed by atoms with Gasteiger partial charge in [-0.15, -0.1) is 0 Å². The van der Waals surface area contributed by atoms with Gasteiger partial charge in [0.05, 0.1) is 4.70 Å². The third-order valence-electron chi connectivity index (χ3n) is 4.60. The Bertz CT molecular complexity index is 974. The molecule has 0 fully saturated rings. The molecule has 2 aromatic carbocycles. The van der Waals surface area contributed by atoms with Gasteiger partial charge in [-0.05, 0) is 49.3 Å². The molecule has 6 heteroatoms. The van der Waals surface area contributed by atoms with Crippen molar-refractivity contribution in [3.8, 4) is 0 Å². The van der Waals surface area contributed by atoms with Crippen LogP contribution >= 0.6 is 11.3 Å². The Kier molecular flexibility index (Phi) is 5.82. The van der Waals surface area contributed by atoms with Gasteiger partial charge in [0.2, 0.25) is 0 Å². The van der Waals surface area contributed by atoms with Gasteiger partial charge in [-0.25, -0.2) is 9.37 Å². The van der Waals surface area contributed by atoms with Gasteiger partial charge in [-0.3, -0.25) is 9.69 Å². The van der Waals surface area contributed by atoms with Gasteiger partial charge < -0.3 is 4.90 Å². The van der Waals surface area contributed by atoms with E-state index in [0.29, 0.717) is 29.3 Å². The molecule has 0 atom stereocenters.